The molecule has 0 aliphatic heterocycles. The Morgan fingerprint density at radius 3 is 2.47 bits per heavy atom. The lowest BCUT2D eigenvalue weighted by Crippen LogP contribution is -2.15. The standard InChI is InChI=1S/C12H18O3/c13-7-6-12(8-14)10-15-9-11-4-2-1-3-5-11/h1-5,12-14H,6-10H2. The van der Waals surface area contributed by atoms with Gasteiger partial charge in [0, 0.05) is 19.1 Å². The first kappa shape index (κ1) is 12.2. The molecule has 0 aliphatic rings. The van der Waals surface area contributed by atoms with Crippen LogP contribution >= 0.6 is 0 Å². The number of aliphatic hydroxyl groups excluding tert-OH is 2. The van der Waals surface area contributed by atoms with Crippen molar-refractivity contribution in [3.63, 3.8) is 0 Å². The van der Waals surface area contributed by atoms with Gasteiger partial charge in [-0.05, 0) is 12.0 Å². The molecule has 0 heterocycles. The summed E-state index contributed by atoms with van der Waals surface area (Å²) in [6, 6.07) is 9.90. The number of ether oxygens (including phenoxy) is 1. The van der Waals surface area contributed by atoms with Crippen LogP contribution < -0.4 is 0 Å². The molecular weight excluding hydrogens is 192 g/mol. The van der Waals surface area contributed by atoms with Crippen LogP contribution in [-0.2, 0) is 11.3 Å². The van der Waals surface area contributed by atoms with E-state index < -0.39 is 0 Å². The maximum Gasteiger partial charge on any atom is 0.0717 e. The molecule has 1 atom stereocenters. The van der Waals surface area contributed by atoms with Gasteiger partial charge in [0.05, 0.1) is 13.2 Å². The van der Waals surface area contributed by atoms with Gasteiger partial charge in [-0.25, -0.2) is 0 Å². The van der Waals surface area contributed by atoms with E-state index in [9.17, 15) is 0 Å². The quantitative estimate of drug-likeness (QED) is 0.711. The Kier molecular flexibility index (Phi) is 6.00. The number of aliphatic hydroxyl groups is 2. The molecule has 0 fully saturated rings. The molecule has 0 saturated carbocycles. The van der Waals surface area contributed by atoms with E-state index in [1.807, 2.05) is 30.3 Å². The van der Waals surface area contributed by atoms with Crippen LogP contribution in [0.5, 0.6) is 0 Å². The van der Waals surface area contributed by atoms with Crippen LogP contribution in [-0.4, -0.2) is 30.0 Å². The summed E-state index contributed by atoms with van der Waals surface area (Å²) in [5.41, 5.74) is 1.12. The Bertz CT molecular complexity index is 248. The van der Waals surface area contributed by atoms with Crippen molar-refractivity contribution in [1.29, 1.82) is 0 Å². The molecule has 15 heavy (non-hydrogen) atoms. The minimum atomic E-state index is 0.0405. The second-order valence-electron chi connectivity index (χ2n) is 3.56. The highest BCUT2D eigenvalue weighted by Crippen LogP contribution is 2.05. The maximum atomic E-state index is 8.96. The van der Waals surface area contributed by atoms with E-state index in [0.29, 0.717) is 19.6 Å². The fraction of sp³-hybridized carbons (Fsp3) is 0.500. The summed E-state index contributed by atoms with van der Waals surface area (Å²) in [6.07, 6.45) is 0.589. The van der Waals surface area contributed by atoms with Crippen LogP contribution in [0.1, 0.15) is 12.0 Å². The average molecular weight is 210 g/mol. The first-order valence-electron chi connectivity index (χ1n) is 5.20. The van der Waals surface area contributed by atoms with Crippen molar-refractivity contribution in [1.82, 2.24) is 0 Å². The summed E-state index contributed by atoms with van der Waals surface area (Å²) in [7, 11) is 0. The summed E-state index contributed by atoms with van der Waals surface area (Å²) in [6.45, 7) is 1.21. The molecule has 1 aromatic carbocycles. The third kappa shape index (κ3) is 4.93. The van der Waals surface area contributed by atoms with Crippen molar-refractivity contribution < 1.29 is 14.9 Å². The molecule has 0 radical (unpaired) electrons. The minimum Gasteiger partial charge on any atom is -0.396 e. The van der Waals surface area contributed by atoms with Crippen LogP contribution in [0.3, 0.4) is 0 Å². The van der Waals surface area contributed by atoms with Gasteiger partial charge < -0.3 is 14.9 Å². The van der Waals surface area contributed by atoms with Gasteiger partial charge in [0.15, 0.2) is 0 Å². The molecule has 1 rings (SSSR count). The normalized spacial score (nSPS) is 12.7. The van der Waals surface area contributed by atoms with Gasteiger partial charge in [-0.15, -0.1) is 0 Å². The van der Waals surface area contributed by atoms with Crippen molar-refractivity contribution in [2.24, 2.45) is 5.92 Å². The van der Waals surface area contributed by atoms with Crippen LogP contribution in [0.2, 0.25) is 0 Å². The second-order valence-corrected chi connectivity index (χ2v) is 3.56. The topological polar surface area (TPSA) is 49.7 Å². The van der Waals surface area contributed by atoms with Crippen LogP contribution in [0.25, 0.3) is 0 Å². The lowest BCUT2D eigenvalue weighted by Gasteiger charge is -2.12. The summed E-state index contributed by atoms with van der Waals surface area (Å²) in [5, 5.41) is 17.7. The molecule has 0 spiro atoms. The summed E-state index contributed by atoms with van der Waals surface area (Å²) in [4.78, 5) is 0. The first-order chi connectivity index (χ1) is 7.36. The number of rotatable bonds is 7. The van der Waals surface area contributed by atoms with E-state index in [4.69, 9.17) is 14.9 Å². The Morgan fingerprint density at radius 2 is 1.87 bits per heavy atom. The van der Waals surface area contributed by atoms with Gasteiger partial charge >= 0.3 is 0 Å². The van der Waals surface area contributed by atoms with Crippen molar-refractivity contribution in [2.75, 3.05) is 19.8 Å². The third-order valence-corrected chi connectivity index (χ3v) is 2.26. The Morgan fingerprint density at radius 1 is 1.13 bits per heavy atom. The van der Waals surface area contributed by atoms with E-state index in [1.54, 1.807) is 0 Å². The predicted octanol–water partition coefficient (Wildman–Crippen LogP) is 1.19. The van der Waals surface area contributed by atoms with Gasteiger partial charge in [-0.2, -0.15) is 0 Å². The zero-order valence-electron chi connectivity index (χ0n) is 8.80. The van der Waals surface area contributed by atoms with Gasteiger partial charge in [0.25, 0.3) is 0 Å². The highest BCUT2D eigenvalue weighted by molar-refractivity contribution is 5.13. The van der Waals surface area contributed by atoms with Gasteiger partial charge in [-0.3, -0.25) is 0 Å². The average Bonchev–Trinajstić information content (AvgIpc) is 2.29. The zero-order chi connectivity index (χ0) is 10.9. The molecule has 0 aromatic heterocycles. The predicted molar refractivity (Wildman–Crippen MR) is 58.4 cm³/mol. The lowest BCUT2D eigenvalue weighted by molar-refractivity contribution is 0.0521. The van der Waals surface area contributed by atoms with E-state index >= 15 is 0 Å². The highest BCUT2D eigenvalue weighted by Gasteiger charge is 2.06. The molecule has 1 aromatic rings. The number of hydrogen-bond acceptors (Lipinski definition) is 3. The fourth-order valence-electron chi connectivity index (χ4n) is 1.33. The molecule has 0 aliphatic carbocycles. The monoisotopic (exact) mass is 210 g/mol. The second kappa shape index (κ2) is 7.40. The van der Waals surface area contributed by atoms with E-state index in [-0.39, 0.29) is 19.1 Å². The van der Waals surface area contributed by atoms with Crippen LogP contribution in [0.4, 0.5) is 0 Å². The summed E-state index contributed by atoms with van der Waals surface area (Å²) < 4.78 is 5.45. The molecule has 0 saturated heterocycles. The maximum absolute atomic E-state index is 8.96. The fourth-order valence-corrected chi connectivity index (χ4v) is 1.33. The van der Waals surface area contributed by atoms with Gasteiger partial charge in [-0.1, -0.05) is 30.3 Å². The molecule has 1 unspecified atom stereocenters. The van der Waals surface area contributed by atoms with E-state index in [0.717, 1.165) is 5.56 Å². The van der Waals surface area contributed by atoms with E-state index in [2.05, 4.69) is 0 Å². The van der Waals surface area contributed by atoms with Crippen LogP contribution in [0, 0.1) is 5.92 Å². The summed E-state index contributed by atoms with van der Waals surface area (Å²) >= 11 is 0. The molecule has 2 N–H and O–H groups in total. The number of hydrogen-bond donors (Lipinski definition) is 2. The minimum absolute atomic E-state index is 0.0405. The molecular formula is C12H18O3. The van der Waals surface area contributed by atoms with E-state index in [1.165, 1.54) is 0 Å². The van der Waals surface area contributed by atoms with Gasteiger partial charge in [0.2, 0.25) is 0 Å². The SMILES string of the molecule is OCCC(CO)COCc1ccccc1. The van der Waals surface area contributed by atoms with Crippen molar-refractivity contribution in [2.45, 2.75) is 13.0 Å². The first-order valence-corrected chi connectivity index (χ1v) is 5.20. The zero-order valence-corrected chi connectivity index (χ0v) is 8.80. The number of benzene rings is 1. The summed E-state index contributed by atoms with van der Waals surface area (Å²) in [5.74, 6) is 0.0405. The molecule has 3 nitrogen and oxygen atoms in total. The highest BCUT2D eigenvalue weighted by atomic mass is 16.5. The molecule has 84 valence electrons. The molecule has 0 bridgehead atoms. The Labute approximate surface area is 90.3 Å². The van der Waals surface area contributed by atoms with Crippen molar-refractivity contribution in [3.05, 3.63) is 35.9 Å². The lowest BCUT2D eigenvalue weighted by atomic mass is 10.1. The largest absolute Gasteiger partial charge is 0.396 e. The Hall–Kier alpha value is -0.900. The van der Waals surface area contributed by atoms with Crippen molar-refractivity contribution in [3.8, 4) is 0 Å². The third-order valence-electron chi connectivity index (χ3n) is 2.26. The molecule has 0 amide bonds. The Balaban J connectivity index is 2.20. The van der Waals surface area contributed by atoms with Crippen molar-refractivity contribution >= 4 is 0 Å². The van der Waals surface area contributed by atoms with Crippen LogP contribution in [0.15, 0.2) is 30.3 Å². The molecule has 3 heteroatoms. The van der Waals surface area contributed by atoms with Gasteiger partial charge in [0.1, 0.15) is 0 Å². The smallest absolute Gasteiger partial charge is 0.0717 e.